The Bertz CT molecular complexity index is 366. The Hall–Kier alpha value is -1.69. The lowest BCUT2D eigenvalue weighted by molar-refractivity contribution is -0.130. The molecule has 0 fully saturated rings. The van der Waals surface area contributed by atoms with Crippen LogP contribution < -0.4 is 11.1 Å². The van der Waals surface area contributed by atoms with Crippen molar-refractivity contribution in [1.82, 2.24) is 5.32 Å². The molecule has 1 rings (SSSR count). The third-order valence-corrected chi connectivity index (χ3v) is 2.93. The number of ether oxygens (including phenoxy) is 1. The van der Waals surface area contributed by atoms with Gasteiger partial charge in [0.2, 0.25) is 11.8 Å². The van der Waals surface area contributed by atoms with Gasteiger partial charge in [0.05, 0.1) is 0 Å². The molecule has 0 radical (unpaired) electrons. The van der Waals surface area contributed by atoms with E-state index >= 15 is 0 Å². The van der Waals surface area contributed by atoms with Gasteiger partial charge in [-0.1, -0.05) is 11.6 Å². The molecular weight excluding hydrogens is 248 g/mol. The van der Waals surface area contributed by atoms with E-state index in [0.29, 0.717) is 6.42 Å². The highest BCUT2D eigenvalue weighted by atomic mass is 16.5. The number of primary amides is 1. The van der Waals surface area contributed by atoms with Gasteiger partial charge in [0.1, 0.15) is 19.5 Å². The summed E-state index contributed by atoms with van der Waals surface area (Å²) in [6.45, 7) is -0.394. The molecule has 0 saturated heterocycles. The second kappa shape index (κ2) is 8.42. The number of nitrogens with two attached hydrogens (primary N) is 1. The molecule has 3 N–H and O–H groups in total. The van der Waals surface area contributed by atoms with Crippen LogP contribution in [0.25, 0.3) is 0 Å². The average Bonchev–Trinajstić information content (AvgIpc) is 2.37. The van der Waals surface area contributed by atoms with Crippen molar-refractivity contribution in [3.05, 3.63) is 11.6 Å². The topological polar surface area (TPSA) is 98.5 Å². The van der Waals surface area contributed by atoms with Crippen molar-refractivity contribution in [3.8, 4) is 0 Å². The van der Waals surface area contributed by atoms with Crippen molar-refractivity contribution in [2.24, 2.45) is 5.73 Å². The molecular formula is C13H20N2O4. The second-order valence-electron chi connectivity index (χ2n) is 4.57. The minimum atomic E-state index is -0.590. The third kappa shape index (κ3) is 6.71. The van der Waals surface area contributed by atoms with Crippen LogP contribution in [0.4, 0.5) is 0 Å². The smallest absolute Gasteiger partial charge is 0.246 e. The summed E-state index contributed by atoms with van der Waals surface area (Å²) in [5.74, 6) is -0.829. The summed E-state index contributed by atoms with van der Waals surface area (Å²) in [7, 11) is 0. The number of carbonyl (C=O) groups excluding carboxylic acids is 3. The summed E-state index contributed by atoms with van der Waals surface area (Å²) < 4.78 is 4.83. The van der Waals surface area contributed by atoms with Gasteiger partial charge >= 0.3 is 0 Å². The molecule has 106 valence electrons. The van der Waals surface area contributed by atoms with Gasteiger partial charge in [-0.15, -0.1) is 0 Å². The first kappa shape index (κ1) is 15.4. The maximum Gasteiger partial charge on any atom is 0.246 e. The summed E-state index contributed by atoms with van der Waals surface area (Å²) in [6.07, 6.45) is 6.92. The Morgan fingerprint density at radius 3 is 2.84 bits per heavy atom. The SMILES string of the molecule is NC(=O)COCC(=O)NC1CC=C(CCC=O)CC1. The maximum absolute atomic E-state index is 11.5. The number of carbonyl (C=O) groups is 3. The van der Waals surface area contributed by atoms with Gasteiger partial charge in [-0.05, 0) is 25.7 Å². The summed E-state index contributed by atoms with van der Waals surface area (Å²) in [4.78, 5) is 32.2. The first-order valence-corrected chi connectivity index (χ1v) is 6.38. The van der Waals surface area contributed by atoms with Crippen molar-refractivity contribution in [2.45, 2.75) is 38.1 Å². The number of nitrogens with one attached hydrogen (secondary N) is 1. The van der Waals surface area contributed by atoms with E-state index in [4.69, 9.17) is 10.5 Å². The maximum atomic E-state index is 11.5. The van der Waals surface area contributed by atoms with Crippen molar-refractivity contribution < 1.29 is 19.1 Å². The molecule has 6 nitrogen and oxygen atoms in total. The Morgan fingerprint density at radius 1 is 1.47 bits per heavy atom. The summed E-state index contributed by atoms with van der Waals surface area (Å²) in [5, 5.41) is 2.84. The normalized spacial score (nSPS) is 18.5. The van der Waals surface area contributed by atoms with E-state index < -0.39 is 5.91 Å². The number of rotatable bonds is 8. The Kier molecular flexibility index (Phi) is 6.81. The molecule has 0 heterocycles. The largest absolute Gasteiger partial charge is 0.368 e. The minimum Gasteiger partial charge on any atom is -0.368 e. The van der Waals surface area contributed by atoms with Gasteiger partial charge < -0.3 is 20.6 Å². The standard InChI is InChI=1S/C13H20N2O4/c14-12(17)8-19-9-13(18)15-11-5-3-10(4-6-11)2-1-7-16/h3,7,11H,1-2,4-6,8-9H2,(H2,14,17)(H,15,18). The molecule has 19 heavy (non-hydrogen) atoms. The van der Waals surface area contributed by atoms with Gasteiger partial charge in [0.15, 0.2) is 0 Å². The molecule has 0 saturated carbocycles. The second-order valence-corrected chi connectivity index (χ2v) is 4.57. The third-order valence-electron chi connectivity index (χ3n) is 2.93. The lowest BCUT2D eigenvalue weighted by Gasteiger charge is -2.22. The molecule has 0 bridgehead atoms. The Balaban J connectivity index is 2.20. The van der Waals surface area contributed by atoms with Crippen LogP contribution in [0.2, 0.25) is 0 Å². The van der Waals surface area contributed by atoms with Crippen LogP contribution in [0.15, 0.2) is 11.6 Å². The summed E-state index contributed by atoms with van der Waals surface area (Å²) in [6, 6.07) is 0.102. The van der Waals surface area contributed by atoms with Gasteiger partial charge in [0.25, 0.3) is 0 Å². The molecule has 0 aromatic heterocycles. The van der Waals surface area contributed by atoms with E-state index in [-0.39, 0.29) is 25.2 Å². The van der Waals surface area contributed by atoms with Crippen molar-refractivity contribution in [3.63, 3.8) is 0 Å². The lowest BCUT2D eigenvalue weighted by atomic mass is 9.92. The first-order valence-electron chi connectivity index (χ1n) is 6.38. The fraction of sp³-hybridized carbons (Fsp3) is 0.615. The summed E-state index contributed by atoms with van der Waals surface area (Å²) >= 11 is 0. The highest BCUT2D eigenvalue weighted by Crippen LogP contribution is 2.21. The average molecular weight is 268 g/mol. The van der Waals surface area contributed by atoms with Crippen LogP contribution in [0.3, 0.4) is 0 Å². The Labute approximate surface area is 112 Å². The molecule has 0 spiro atoms. The molecule has 0 aromatic rings. The van der Waals surface area contributed by atoms with Crippen LogP contribution in [0.1, 0.15) is 32.1 Å². The van der Waals surface area contributed by atoms with Crippen molar-refractivity contribution in [1.29, 1.82) is 0 Å². The van der Waals surface area contributed by atoms with Crippen LogP contribution in [0, 0.1) is 0 Å². The number of hydrogen-bond acceptors (Lipinski definition) is 4. The molecule has 1 unspecified atom stereocenters. The van der Waals surface area contributed by atoms with E-state index in [1.165, 1.54) is 5.57 Å². The van der Waals surface area contributed by atoms with E-state index in [1.807, 2.05) is 0 Å². The molecule has 0 aliphatic heterocycles. The van der Waals surface area contributed by atoms with Gasteiger partial charge in [0, 0.05) is 12.5 Å². The Morgan fingerprint density at radius 2 is 2.26 bits per heavy atom. The highest BCUT2D eigenvalue weighted by Gasteiger charge is 2.16. The fourth-order valence-electron chi connectivity index (χ4n) is 2.00. The predicted octanol–water partition coefficient (Wildman–Crippen LogP) is 0.0625. The zero-order chi connectivity index (χ0) is 14.1. The molecule has 1 atom stereocenters. The van der Waals surface area contributed by atoms with Crippen LogP contribution >= 0.6 is 0 Å². The zero-order valence-electron chi connectivity index (χ0n) is 10.9. The van der Waals surface area contributed by atoms with Crippen LogP contribution in [-0.2, 0) is 19.1 Å². The zero-order valence-corrected chi connectivity index (χ0v) is 10.9. The molecule has 6 heteroatoms. The molecule has 1 aliphatic carbocycles. The van der Waals surface area contributed by atoms with Gasteiger partial charge in [-0.3, -0.25) is 9.59 Å². The number of hydrogen-bond donors (Lipinski definition) is 2. The van der Waals surface area contributed by atoms with E-state index in [2.05, 4.69) is 11.4 Å². The van der Waals surface area contributed by atoms with Crippen molar-refractivity contribution >= 4 is 18.1 Å². The van der Waals surface area contributed by atoms with Gasteiger partial charge in [-0.2, -0.15) is 0 Å². The number of allylic oxidation sites excluding steroid dienone is 1. The molecule has 1 aliphatic rings. The molecule has 2 amide bonds. The minimum absolute atomic E-state index is 0.102. The first-order chi connectivity index (χ1) is 9.11. The van der Waals surface area contributed by atoms with Gasteiger partial charge in [-0.25, -0.2) is 0 Å². The van der Waals surface area contributed by atoms with E-state index in [9.17, 15) is 14.4 Å². The highest BCUT2D eigenvalue weighted by molar-refractivity contribution is 5.79. The van der Waals surface area contributed by atoms with E-state index in [1.54, 1.807) is 0 Å². The number of aldehydes is 1. The number of amides is 2. The fourth-order valence-corrected chi connectivity index (χ4v) is 2.00. The predicted molar refractivity (Wildman–Crippen MR) is 69.2 cm³/mol. The van der Waals surface area contributed by atoms with Crippen LogP contribution in [-0.4, -0.2) is 37.4 Å². The quantitative estimate of drug-likeness (QED) is 0.480. The van der Waals surface area contributed by atoms with Crippen LogP contribution in [0.5, 0.6) is 0 Å². The van der Waals surface area contributed by atoms with E-state index in [0.717, 1.165) is 32.0 Å². The summed E-state index contributed by atoms with van der Waals surface area (Å²) in [5.41, 5.74) is 6.17. The van der Waals surface area contributed by atoms with Crippen molar-refractivity contribution in [2.75, 3.05) is 13.2 Å². The molecule has 0 aromatic carbocycles. The lowest BCUT2D eigenvalue weighted by Crippen LogP contribution is -2.38. The monoisotopic (exact) mass is 268 g/mol.